The molecule has 6 heteroatoms. The van der Waals surface area contributed by atoms with Crippen molar-refractivity contribution in [2.75, 3.05) is 6.54 Å². The summed E-state index contributed by atoms with van der Waals surface area (Å²) in [5, 5.41) is 11.2. The number of amides is 1. The molecule has 0 radical (unpaired) electrons. The van der Waals surface area contributed by atoms with Crippen molar-refractivity contribution in [2.45, 2.75) is 6.42 Å². The van der Waals surface area contributed by atoms with Crippen molar-refractivity contribution >= 4 is 5.91 Å². The normalized spacial score (nSPS) is 10.6. The predicted octanol–water partition coefficient (Wildman–Crippen LogP) is 1.58. The Bertz CT molecular complexity index is 760. The van der Waals surface area contributed by atoms with Crippen LogP contribution in [0.5, 0.6) is 0 Å². The number of hydrogen-bond donors (Lipinski definition) is 1. The second-order valence-corrected chi connectivity index (χ2v) is 4.97. The second-order valence-electron chi connectivity index (χ2n) is 4.97. The molecule has 22 heavy (non-hydrogen) atoms. The molecule has 3 rings (SSSR count). The quantitative estimate of drug-likeness (QED) is 0.777. The third-order valence-corrected chi connectivity index (χ3v) is 3.41. The van der Waals surface area contributed by atoms with Crippen LogP contribution in [-0.2, 0) is 13.5 Å². The number of aryl methyl sites for hydroxylation is 1. The first-order chi connectivity index (χ1) is 10.7. The van der Waals surface area contributed by atoms with E-state index in [4.69, 9.17) is 0 Å². The van der Waals surface area contributed by atoms with E-state index in [0.717, 1.165) is 17.7 Å². The molecule has 0 saturated heterocycles. The van der Waals surface area contributed by atoms with Gasteiger partial charge < -0.3 is 5.32 Å². The summed E-state index contributed by atoms with van der Waals surface area (Å²) in [6.07, 6.45) is 6.14. The van der Waals surface area contributed by atoms with Crippen LogP contribution in [0.1, 0.15) is 16.1 Å². The van der Waals surface area contributed by atoms with Gasteiger partial charge in [0.05, 0.1) is 11.9 Å². The Morgan fingerprint density at radius 3 is 2.73 bits per heavy atom. The summed E-state index contributed by atoms with van der Waals surface area (Å²) in [4.78, 5) is 12.0. The van der Waals surface area contributed by atoms with Gasteiger partial charge in [0, 0.05) is 26.0 Å². The number of nitrogens with one attached hydrogen (secondary N) is 1. The third-order valence-electron chi connectivity index (χ3n) is 3.41. The number of aromatic nitrogens is 4. The summed E-state index contributed by atoms with van der Waals surface area (Å²) in [6, 6.07) is 11.6. The summed E-state index contributed by atoms with van der Waals surface area (Å²) in [6.45, 7) is 0.560. The monoisotopic (exact) mass is 295 g/mol. The van der Waals surface area contributed by atoms with E-state index in [0.29, 0.717) is 12.2 Å². The number of nitrogens with zero attached hydrogens (tertiary/aromatic N) is 4. The van der Waals surface area contributed by atoms with Crippen molar-refractivity contribution in [1.29, 1.82) is 0 Å². The molecular formula is C16H17N5O. The molecule has 0 spiro atoms. The molecule has 0 atom stereocenters. The van der Waals surface area contributed by atoms with Gasteiger partial charge in [-0.1, -0.05) is 18.2 Å². The fraction of sp³-hybridized carbons (Fsp3) is 0.188. The maximum atomic E-state index is 12.0. The lowest BCUT2D eigenvalue weighted by atomic mass is 10.2. The van der Waals surface area contributed by atoms with E-state index < -0.39 is 0 Å². The van der Waals surface area contributed by atoms with Gasteiger partial charge >= 0.3 is 0 Å². The van der Waals surface area contributed by atoms with Crippen LogP contribution in [0.25, 0.3) is 5.69 Å². The zero-order chi connectivity index (χ0) is 15.4. The lowest BCUT2D eigenvalue weighted by Crippen LogP contribution is -2.27. The van der Waals surface area contributed by atoms with E-state index in [9.17, 15) is 4.79 Å². The zero-order valence-electron chi connectivity index (χ0n) is 12.3. The van der Waals surface area contributed by atoms with E-state index in [1.807, 2.05) is 47.4 Å². The molecule has 2 heterocycles. The maximum absolute atomic E-state index is 12.0. The fourth-order valence-electron chi connectivity index (χ4n) is 2.22. The topological polar surface area (TPSA) is 64.7 Å². The highest BCUT2D eigenvalue weighted by molar-refractivity contribution is 5.92. The number of rotatable bonds is 5. The van der Waals surface area contributed by atoms with Crippen molar-refractivity contribution in [3.8, 4) is 5.69 Å². The highest BCUT2D eigenvalue weighted by Crippen LogP contribution is 2.07. The molecule has 1 amide bonds. The SMILES string of the molecule is Cn1nccc1C(=O)NCCc1cnn(-c2ccccc2)c1. The highest BCUT2D eigenvalue weighted by Gasteiger charge is 2.09. The first-order valence-corrected chi connectivity index (χ1v) is 7.09. The minimum Gasteiger partial charge on any atom is -0.350 e. The van der Waals surface area contributed by atoms with Gasteiger partial charge in [0.2, 0.25) is 0 Å². The number of carbonyl (C=O) groups excluding carboxylic acids is 1. The molecule has 112 valence electrons. The van der Waals surface area contributed by atoms with Gasteiger partial charge in [-0.3, -0.25) is 9.48 Å². The smallest absolute Gasteiger partial charge is 0.269 e. The zero-order valence-corrected chi connectivity index (χ0v) is 12.3. The largest absolute Gasteiger partial charge is 0.350 e. The molecule has 0 unspecified atom stereocenters. The van der Waals surface area contributed by atoms with E-state index in [-0.39, 0.29) is 5.91 Å². The van der Waals surface area contributed by atoms with Crippen LogP contribution in [0.15, 0.2) is 55.0 Å². The lowest BCUT2D eigenvalue weighted by molar-refractivity contribution is 0.0944. The van der Waals surface area contributed by atoms with Crippen LogP contribution < -0.4 is 5.32 Å². The minimum atomic E-state index is -0.115. The lowest BCUT2D eigenvalue weighted by Gasteiger charge is -2.04. The molecule has 0 bridgehead atoms. The van der Waals surface area contributed by atoms with Crippen LogP contribution in [0.3, 0.4) is 0 Å². The molecule has 6 nitrogen and oxygen atoms in total. The van der Waals surface area contributed by atoms with Crippen molar-refractivity contribution in [3.63, 3.8) is 0 Å². The molecule has 1 aromatic carbocycles. The average molecular weight is 295 g/mol. The van der Waals surface area contributed by atoms with Crippen molar-refractivity contribution in [1.82, 2.24) is 24.9 Å². The van der Waals surface area contributed by atoms with Crippen molar-refractivity contribution in [2.24, 2.45) is 7.05 Å². The van der Waals surface area contributed by atoms with Gasteiger partial charge in [0.1, 0.15) is 5.69 Å². The Morgan fingerprint density at radius 1 is 1.18 bits per heavy atom. The molecule has 1 N–H and O–H groups in total. The highest BCUT2D eigenvalue weighted by atomic mass is 16.2. The van der Waals surface area contributed by atoms with Gasteiger partial charge in [-0.15, -0.1) is 0 Å². The molecule has 0 aliphatic rings. The fourth-order valence-corrected chi connectivity index (χ4v) is 2.22. The Balaban J connectivity index is 1.56. The van der Waals surface area contributed by atoms with Crippen molar-refractivity contribution < 1.29 is 4.79 Å². The molecular weight excluding hydrogens is 278 g/mol. The minimum absolute atomic E-state index is 0.115. The Labute approximate surface area is 128 Å². The van der Waals surface area contributed by atoms with Gasteiger partial charge in [-0.25, -0.2) is 4.68 Å². The summed E-state index contributed by atoms with van der Waals surface area (Å²) < 4.78 is 3.39. The molecule has 2 aromatic heterocycles. The number of para-hydroxylation sites is 1. The molecule has 0 aliphatic carbocycles. The Kier molecular flexibility index (Phi) is 4.00. The van der Waals surface area contributed by atoms with E-state index in [1.54, 1.807) is 24.0 Å². The second kappa shape index (κ2) is 6.26. The summed E-state index contributed by atoms with van der Waals surface area (Å²) in [5.74, 6) is -0.115. The number of carbonyl (C=O) groups is 1. The van der Waals surface area contributed by atoms with Crippen LogP contribution in [0.4, 0.5) is 0 Å². The van der Waals surface area contributed by atoms with Crippen LogP contribution in [0.2, 0.25) is 0 Å². The van der Waals surface area contributed by atoms with Gasteiger partial charge in [-0.05, 0) is 30.2 Å². The van der Waals surface area contributed by atoms with E-state index in [2.05, 4.69) is 15.5 Å². The number of hydrogen-bond acceptors (Lipinski definition) is 3. The van der Waals surface area contributed by atoms with Gasteiger partial charge in [0.25, 0.3) is 5.91 Å². The average Bonchev–Trinajstić information content (AvgIpc) is 3.17. The molecule has 0 aliphatic heterocycles. The van der Waals surface area contributed by atoms with E-state index in [1.165, 1.54) is 0 Å². The summed E-state index contributed by atoms with van der Waals surface area (Å²) in [5.41, 5.74) is 2.65. The number of benzene rings is 1. The van der Waals surface area contributed by atoms with Crippen LogP contribution >= 0.6 is 0 Å². The molecule has 0 saturated carbocycles. The maximum Gasteiger partial charge on any atom is 0.269 e. The van der Waals surface area contributed by atoms with E-state index >= 15 is 0 Å². The summed E-state index contributed by atoms with van der Waals surface area (Å²) >= 11 is 0. The standard InChI is InChI=1S/C16H17N5O/c1-20-15(8-10-18-20)16(22)17-9-7-13-11-19-21(12-13)14-5-3-2-4-6-14/h2-6,8,10-12H,7,9H2,1H3,(H,17,22). The Hall–Kier alpha value is -2.89. The molecule has 0 fully saturated rings. The van der Waals surface area contributed by atoms with Gasteiger partial charge in [0.15, 0.2) is 0 Å². The first-order valence-electron chi connectivity index (χ1n) is 7.09. The summed E-state index contributed by atoms with van der Waals surface area (Å²) in [7, 11) is 1.75. The predicted molar refractivity (Wildman–Crippen MR) is 82.8 cm³/mol. The Morgan fingerprint density at radius 2 is 2.00 bits per heavy atom. The van der Waals surface area contributed by atoms with Gasteiger partial charge in [-0.2, -0.15) is 10.2 Å². The van der Waals surface area contributed by atoms with Crippen molar-refractivity contribution in [3.05, 3.63) is 66.2 Å². The third kappa shape index (κ3) is 3.06. The first kappa shape index (κ1) is 14.1. The van der Waals surface area contributed by atoms with Crippen LogP contribution in [0, 0.1) is 0 Å². The van der Waals surface area contributed by atoms with Crippen LogP contribution in [-0.4, -0.2) is 32.0 Å². The molecule has 3 aromatic rings.